The van der Waals surface area contributed by atoms with Crippen molar-refractivity contribution in [3.05, 3.63) is 59.9 Å². The minimum absolute atomic E-state index is 0.110. The van der Waals surface area contributed by atoms with Crippen LogP contribution in [-0.2, 0) is 17.8 Å². The number of para-hydroxylation sites is 1. The van der Waals surface area contributed by atoms with Crippen LogP contribution in [0.4, 0.5) is 0 Å². The van der Waals surface area contributed by atoms with Crippen LogP contribution >= 0.6 is 0 Å². The Morgan fingerprint density at radius 2 is 1.93 bits per heavy atom. The Labute approximate surface area is 161 Å². The predicted octanol–water partition coefficient (Wildman–Crippen LogP) is 2.76. The van der Waals surface area contributed by atoms with Gasteiger partial charge in [-0.2, -0.15) is 0 Å². The van der Waals surface area contributed by atoms with Crippen molar-refractivity contribution < 1.29 is 9.53 Å². The average molecular weight is 365 g/mol. The Morgan fingerprint density at radius 3 is 2.70 bits per heavy atom. The van der Waals surface area contributed by atoms with E-state index in [0.29, 0.717) is 19.2 Å². The van der Waals surface area contributed by atoms with E-state index in [1.54, 1.807) is 12.4 Å². The van der Waals surface area contributed by atoms with E-state index in [1.807, 2.05) is 30.3 Å². The third-order valence-electron chi connectivity index (χ3n) is 5.74. The maximum Gasteiger partial charge on any atom is 0.230 e. The van der Waals surface area contributed by atoms with Crippen molar-refractivity contribution in [3.63, 3.8) is 0 Å². The highest BCUT2D eigenvalue weighted by molar-refractivity contribution is 5.80. The summed E-state index contributed by atoms with van der Waals surface area (Å²) in [5.74, 6) is 1.03. The van der Waals surface area contributed by atoms with E-state index < -0.39 is 0 Å². The van der Waals surface area contributed by atoms with E-state index in [0.717, 1.165) is 49.2 Å². The molecule has 1 fully saturated rings. The highest BCUT2D eigenvalue weighted by atomic mass is 16.5. The quantitative estimate of drug-likeness (QED) is 0.836. The summed E-state index contributed by atoms with van der Waals surface area (Å²) in [6.07, 6.45) is 6.41. The minimum atomic E-state index is -0.110. The maximum atomic E-state index is 13.5. The first-order chi connectivity index (χ1) is 13.2. The number of piperidine rings is 1. The van der Waals surface area contributed by atoms with Crippen molar-refractivity contribution in [2.45, 2.75) is 31.8 Å². The molecule has 2 aliphatic rings. The lowest BCUT2D eigenvalue weighted by atomic mass is 9.93. The summed E-state index contributed by atoms with van der Waals surface area (Å²) < 4.78 is 5.90. The highest BCUT2D eigenvalue weighted by Gasteiger charge is 2.34. The van der Waals surface area contributed by atoms with Crippen LogP contribution in [0.5, 0.6) is 5.75 Å². The van der Waals surface area contributed by atoms with E-state index in [9.17, 15) is 4.79 Å². The Kier molecular flexibility index (Phi) is 5.39. The van der Waals surface area contributed by atoms with Crippen molar-refractivity contribution >= 4 is 5.91 Å². The molecule has 2 aromatic rings. The second-order valence-corrected chi connectivity index (χ2v) is 7.68. The number of amides is 1. The molecule has 2 aliphatic heterocycles. The molecule has 0 unspecified atom stereocenters. The molecule has 27 heavy (non-hydrogen) atoms. The van der Waals surface area contributed by atoms with Crippen molar-refractivity contribution in [2.24, 2.45) is 5.92 Å². The minimum Gasteiger partial charge on any atom is -0.492 e. The lowest BCUT2D eigenvalue weighted by molar-refractivity contribution is -0.141. The Hall–Kier alpha value is -2.40. The lowest BCUT2D eigenvalue weighted by Gasteiger charge is -2.39. The molecule has 1 amide bonds. The molecular weight excluding hydrogens is 338 g/mol. The number of hydrogen-bond acceptors (Lipinski definition) is 4. The van der Waals surface area contributed by atoms with Gasteiger partial charge in [-0.1, -0.05) is 18.2 Å². The molecule has 0 saturated carbocycles. The van der Waals surface area contributed by atoms with Crippen LogP contribution in [0.1, 0.15) is 24.0 Å². The van der Waals surface area contributed by atoms with E-state index >= 15 is 0 Å². The van der Waals surface area contributed by atoms with Gasteiger partial charge >= 0.3 is 0 Å². The number of carbonyl (C=O) groups is 1. The van der Waals surface area contributed by atoms with Gasteiger partial charge in [-0.3, -0.25) is 9.78 Å². The van der Waals surface area contributed by atoms with Crippen LogP contribution in [0.3, 0.4) is 0 Å². The maximum absolute atomic E-state index is 13.5. The SMILES string of the molecule is CN1CCC(N(Cc2ccncc2)C(=O)[C@H]2COc3ccccc3C2)CC1. The number of carbonyl (C=O) groups excluding carboxylic acids is 1. The summed E-state index contributed by atoms with van der Waals surface area (Å²) in [4.78, 5) is 22.1. The van der Waals surface area contributed by atoms with Crippen molar-refractivity contribution in [3.8, 4) is 5.75 Å². The smallest absolute Gasteiger partial charge is 0.230 e. The molecule has 0 aliphatic carbocycles. The summed E-state index contributed by atoms with van der Waals surface area (Å²) in [7, 11) is 2.15. The fraction of sp³-hybridized carbons (Fsp3) is 0.455. The number of nitrogens with zero attached hydrogens (tertiary/aromatic N) is 3. The molecule has 3 heterocycles. The number of aromatic nitrogens is 1. The van der Waals surface area contributed by atoms with Crippen LogP contribution < -0.4 is 4.74 Å². The monoisotopic (exact) mass is 365 g/mol. The highest BCUT2D eigenvalue weighted by Crippen LogP contribution is 2.29. The summed E-state index contributed by atoms with van der Waals surface area (Å²) >= 11 is 0. The number of benzene rings is 1. The Morgan fingerprint density at radius 1 is 1.19 bits per heavy atom. The van der Waals surface area contributed by atoms with Gasteiger partial charge in [0.15, 0.2) is 0 Å². The molecule has 1 aromatic heterocycles. The number of hydrogen-bond donors (Lipinski definition) is 0. The third-order valence-corrected chi connectivity index (χ3v) is 5.74. The molecule has 142 valence electrons. The standard InChI is InChI=1S/C22H27N3O2/c1-24-12-8-20(9-13-24)25(15-17-6-10-23-11-7-17)22(26)19-14-18-4-2-3-5-21(18)27-16-19/h2-7,10-11,19-20H,8-9,12-16H2,1H3/t19-/m1/s1. The lowest BCUT2D eigenvalue weighted by Crippen LogP contribution is -2.49. The molecule has 0 bridgehead atoms. The molecule has 5 nitrogen and oxygen atoms in total. The molecule has 1 aromatic carbocycles. The fourth-order valence-corrected chi connectivity index (χ4v) is 4.10. The number of fused-ring (bicyclic) bond motifs is 1. The van der Waals surface area contributed by atoms with Gasteiger partial charge in [0.25, 0.3) is 0 Å². The second kappa shape index (κ2) is 8.09. The zero-order valence-electron chi connectivity index (χ0n) is 15.9. The van der Waals surface area contributed by atoms with Crippen LogP contribution in [0.15, 0.2) is 48.8 Å². The summed E-state index contributed by atoms with van der Waals surface area (Å²) in [5.41, 5.74) is 2.27. The van der Waals surface area contributed by atoms with Crippen molar-refractivity contribution in [1.29, 1.82) is 0 Å². The molecule has 1 atom stereocenters. The Bertz CT molecular complexity index is 772. The average Bonchev–Trinajstić information content (AvgIpc) is 2.73. The van der Waals surface area contributed by atoms with Gasteiger partial charge in [0.2, 0.25) is 5.91 Å². The number of pyridine rings is 1. The van der Waals surface area contributed by atoms with Gasteiger partial charge in [0, 0.05) is 25.0 Å². The molecule has 4 rings (SSSR count). The first-order valence-corrected chi connectivity index (χ1v) is 9.79. The Balaban J connectivity index is 1.53. The van der Waals surface area contributed by atoms with E-state index in [2.05, 4.69) is 27.9 Å². The van der Waals surface area contributed by atoms with Gasteiger partial charge in [-0.25, -0.2) is 0 Å². The first-order valence-electron chi connectivity index (χ1n) is 9.79. The van der Waals surface area contributed by atoms with Gasteiger partial charge in [-0.15, -0.1) is 0 Å². The summed E-state index contributed by atoms with van der Waals surface area (Å²) in [5, 5.41) is 0. The van der Waals surface area contributed by atoms with Crippen LogP contribution in [0.25, 0.3) is 0 Å². The normalized spacial score (nSPS) is 20.6. The molecule has 0 spiro atoms. The third kappa shape index (κ3) is 4.14. The van der Waals surface area contributed by atoms with Crippen LogP contribution in [0.2, 0.25) is 0 Å². The molecule has 0 N–H and O–H groups in total. The molecular formula is C22H27N3O2. The van der Waals surface area contributed by atoms with Crippen LogP contribution in [-0.4, -0.2) is 53.5 Å². The zero-order chi connectivity index (χ0) is 18.6. The predicted molar refractivity (Wildman–Crippen MR) is 104 cm³/mol. The van der Waals surface area contributed by atoms with E-state index in [-0.39, 0.29) is 11.8 Å². The van der Waals surface area contributed by atoms with Crippen LogP contribution in [0, 0.1) is 5.92 Å². The first kappa shape index (κ1) is 18.0. The zero-order valence-corrected chi connectivity index (χ0v) is 15.9. The largest absolute Gasteiger partial charge is 0.492 e. The van der Waals surface area contributed by atoms with Gasteiger partial charge in [0.1, 0.15) is 12.4 Å². The number of ether oxygens (including phenoxy) is 1. The molecule has 1 saturated heterocycles. The fourth-order valence-electron chi connectivity index (χ4n) is 4.10. The van der Waals surface area contributed by atoms with E-state index in [1.165, 1.54) is 0 Å². The van der Waals surface area contributed by atoms with E-state index in [4.69, 9.17) is 4.74 Å². The van der Waals surface area contributed by atoms with Gasteiger partial charge in [0.05, 0.1) is 5.92 Å². The molecule has 0 radical (unpaired) electrons. The topological polar surface area (TPSA) is 45.7 Å². The number of rotatable bonds is 4. The van der Waals surface area contributed by atoms with Gasteiger partial charge in [-0.05, 0) is 68.7 Å². The van der Waals surface area contributed by atoms with Gasteiger partial charge < -0.3 is 14.5 Å². The van der Waals surface area contributed by atoms with Crippen molar-refractivity contribution in [1.82, 2.24) is 14.8 Å². The summed E-state index contributed by atoms with van der Waals surface area (Å²) in [6, 6.07) is 12.3. The number of likely N-dealkylation sites (tertiary alicyclic amines) is 1. The van der Waals surface area contributed by atoms with Crippen molar-refractivity contribution in [2.75, 3.05) is 26.7 Å². The second-order valence-electron chi connectivity index (χ2n) is 7.68. The summed E-state index contributed by atoms with van der Waals surface area (Å²) in [6.45, 7) is 3.19. The molecule has 5 heteroatoms.